The van der Waals surface area contributed by atoms with E-state index in [2.05, 4.69) is 5.32 Å². The van der Waals surface area contributed by atoms with E-state index in [4.69, 9.17) is 9.47 Å². The normalized spacial score (nSPS) is 24.6. The highest BCUT2D eigenvalue weighted by atomic mass is 19.4. The summed E-state index contributed by atoms with van der Waals surface area (Å²) in [6, 6.07) is 8.15. The summed E-state index contributed by atoms with van der Waals surface area (Å²) >= 11 is 0. The fourth-order valence-corrected chi connectivity index (χ4v) is 4.05. The number of benzene rings is 2. The predicted octanol–water partition coefficient (Wildman–Crippen LogP) is 5.49. The Labute approximate surface area is 154 Å². The van der Waals surface area contributed by atoms with Crippen molar-refractivity contribution in [2.24, 2.45) is 5.92 Å². The van der Waals surface area contributed by atoms with Crippen LogP contribution in [0.3, 0.4) is 0 Å². The molecule has 1 fully saturated rings. The van der Waals surface area contributed by atoms with E-state index >= 15 is 0 Å². The van der Waals surface area contributed by atoms with Gasteiger partial charge in [0.25, 0.3) is 0 Å². The predicted molar refractivity (Wildman–Crippen MR) is 92.2 cm³/mol. The van der Waals surface area contributed by atoms with Gasteiger partial charge in [0, 0.05) is 23.8 Å². The lowest BCUT2D eigenvalue weighted by Crippen LogP contribution is -2.36. The number of nitrogens with one attached hydrogen (secondary N) is 1. The zero-order chi connectivity index (χ0) is 19.2. The highest BCUT2D eigenvalue weighted by Crippen LogP contribution is 2.50. The zero-order valence-electron chi connectivity index (χ0n) is 14.6. The smallest absolute Gasteiger partial charge is 0.416 e. The van der Waals surface area contributed by atoms with E-state index in [9.17, 15) is 17.6 Å². The van der Waals surface area contributed by atoms with Crippen LogP contribution >= 0.6 is 0 Å². The summed E-state index contributed by atoms with van der Waals surface area (Å²) in [7, 11) is 1.40. The third-order valence-corrected chi connectivity index (χ3v) is 5.33. The number of hydrogen-bond acceptors (Lipinski definition) is 3. The number of hydrogen-bond donors (Lipinski definition) is 1. The standard InChI is InChI=1S/C20H19F4NO2/c1-26-17-7-4-11(9-15(17)21)18-13-3-2-8-27-19(13)14-10-12(20(22,23)24)5-6-16(14)25-18/h4-7,9-10,13,18-19,25H,2-3,8H2,1H3/t13-,18-,19-/m0/s1. The van der Waals surface area contributed by atoms with Gasteiger partial charge in [-0.1, -0.05) is 6.07 Å². The molecule has 0 aromatic heterocycles. The quantitative estimate of drug-likeness (QED) is 0.698. The first-order valence-corrected chi connectivity index (χ1v) is 8.81. The van der Waals surface area contributed by atoms with E-state index in [-0.39, 0.29) is 17.7 Å². The molecular formula is C20H19F4NO2. The zero-order valence-corrected chi connectivity index (χ0v) is 14.6. The number of fused-ring (bicyclic) bond motifs is 3. The summed E-state index contributed by atoms with van der Waals surface area (Å²) in [4.78, 5) is 0. The van der Waals surface area contributed by atoms with Crippen molar-refractivity contribution < 1.29 is 27.0 Å². The molecule has 0 amide bonds. The van der Waals surface area contributed by atoms with Gasteiger partial charge in [0.15, 0.2) is 11.6 Å². The van der Waals surface area contributed by atoms with E-state index < -0.39 is 23.7 Å². The van der Waals surface area contributed by atoms with Crippen LogP contribution in [0.5, 0.6) is 5.75 Å². The van der Waals surface area contributed by atoms with Crippen molar-refractivity contribution >= 4 is 5.69 Å². The molecule has 1 N–H and O–H groups in total. The minimum absolute atomic E-state index is 0.0810. The third kappa shape index (κ3) is 3.25. The summed E-state index contributed by atoms with van der Waals surface area (Å²) in [6.45, 7) is 0.501. The topological polar surface area (TPSA) is 30.5 Å². The highest BCUT2D eigenvalue weighted by molar-refractivity contribution is 5.59. The average Bonchev–Trinajstić information content (AvgIpc) is 2.66. The van der Waals surface area contributed by atoms with E-state index in [0.717, 1.165) is 30.5 Å². The van der Waals surface area contributed by atoms with E-state index in [1.54, 1.807) is 12.1 Å². The first-order valence-electron chi connectivity index (χ1n) is 8.81. The van der Waals surface area contributed by atoms with Crippen LogP contribution < -0.4 is 10.1 Å². The first kappa shape index (κ1) is 18.1. The Hall–Kier alpha value is -2.28. The highest BCUT2D eigenvalue weighted by Gasteiger charge is 2.41. The molecule has 0 spiro atoms. The van der Waals surface area contributed by atoms with Gasteiger partial charge < -0.3 is 14.8 Å². The maximum absolute atomic E-state index is 14.2. The van der Waals surface area contributed by atoms with Crippen LogP contribution in [0.15, 0.2) is 36.4 Å². The van der Waals surface area contributed by atoms with E-state index in [0.29, 0.717) is 17.9 Å². The Bertz CT molecular complexity index is 852. The molecule has 3 nitrogen and oxygen atoms in total. The molecule has 144 valence electrons. The van der Waals surface area contributed by atoms with Gasteiger partial charge in [0.05, 0.1) is 24.8 Å². The Morgan fingerprint density at radius 2 is 1.96 bits per heavy atom. The SMILES string of the molecule is COc1ccc([C@@H]2Nc3ccc(C(F)(F)F)cc3[C@H]3OCCC[C@H]32)cc1F. The maximum atomic E-state index is 14.2. The molecule has 2 aliphatic heterocycles. The van der Waals surface area contributed by atoms with Crippen molar-refractivity contribution in [1.82, 2.24) is 0 Å². The summed E-state index contributed by atoms with van der Waals surface area (Å²) in [6.07, 6.45) is -3.26. The summed E-state index contributed by atoms with van der Waals surface area (Å²) in [5.41, 5.74) is 1.14. The molecule has 1 saturated heterocycles. The largest absolute Gasteiger partial charge is 0.494 e. The lowest BCUT2D eigenvalue weighted by atomic mass is 9.77. The molecule has 0 bridgehead atoms. The molecule has 2 aromatic rings. The summed E-state index contributed by atoms with van der Waals surface area (Å²) in [5, 5.41) is 3.30. The van der Waals surface area contributed by atoms with Gasteiger partial charge >= 0.3 is 6.18 Å². The second kappa shape index (κ2) is 6.71. The number of ether oxygens (including phenoxy) is 2. The lowest BCUT2D eigenvalue weighted by molar-refractivity contribution is -0.137. The van der Waals surface area contributed by atoms with E-state index in [1.807, 2.05) is 0 Å². The van der Waals surface area contributed by atoms with Gasteiger partial charge in [-0.05, 0) is 48.7 Å². The van der Waals surface area contributed by atoms with Gasteiger partial charge in [0.2, 0.25) is 0 Å². The average molecular weight is 381 g/mol. The molecule has 0 unspecified atom stereocenters. The summed E-state index contributed by atoms with van der Waals surface area (Å²) in [5.74, 6) is -0.396. The maximum Gasteiger partial charge on any atom is 0.416 e. The number of methoxy groups -OCH3 is 1. The number of rotatable bonds is 2. The van der Waals surface area contributed by atoms with Gasteiger partial charge in [0.1, 0.15) is 0 Å². The molecule has 7 heteroatoms. The fourth-order valence-electron chi connectivity index (χ4n) is 4.05. The molecule has 2 aromatic carbocycles. The Balaban J connectivity index is 1.75. The van der Waals surface area contributed by atoms with Crippen molar-refractivity contribution in [1.29, 1.82) is 0 Å². The molecule has 0 saturated carbocycles. The Morgan fingerprint density at radius 3 is 2.67 bits per heavy atom. The van der Waals surface area contributed by atoms with Gasteiger partial charge in [-0.25, -0.2) is 4.39 Å². The van der Waals surface area contributed by atoms with E-state index in [1.165, 1.54) is 19.2 Å². The molecule has 2 aliphatic rings. The monoisotopic (exact) mass is 381 g/mol. The molecule has 0 radical (unpaired) electrons. The second-order valence-electron chi connectivity index (χ2n) is 6.91. The van der Waals surface area contributed by atoms with Crippen molar-refractivity contribution in [3.05, 3.63) is 58.9 Å². The second-order valence-corrected chi connectivity index (χ2v) is 6.91. The molecule has 0 aliphatic carbocycles. The fraction of sp³-hybridized carbons (Fsp3) is 0.400. The van der Waals surface area contributed by atoms with Crippen LogP contribution in [0, 0.1) is 11.7 Å². The van der Waals surface area contributed by atoms with Gasteiger partial charge in [-0.15, -0.1) is 0 Å². The summed E-state index contributed by atoms with van der Waals surface area (Å²) < 4.78 is 64.4. The van der Waals surface area contributed by atoms with Gasteiger partial charge in [-0.2, -0.15) is 13.2 Å². The number of anilines is 1. The molecule has 3 atom stereocenters. The minimum Gasteiger partial charge on any atom is -0.494 e. The number of halogens is 4. The molecule has 2 heterocycles. The minimum atomic E-state index is -4.41. The Morgan fingerprint density at radius 1 is 1.15 bits per heavy atom. The van der Waals surface area contributed by atoms with Crippen LogP contribution in [0.25, 0.3) is 0 Å². The van der Waals surface area contributed by atoms with Crippen molar-refractivity contribution in [3.8, 4) is 5.75 Å². The Kier molecular flexibility index (Phi) is 4.50. The van der Waals surface area contributed by atoms with Crippen LogP contribution in [0.2, 0.25) is 0 Å². The lowest BCUT2D eigenvalue weighted by Gasteiger charge is -2.43. The van der Waals surface area contributed by atoms with Crippen LogP contribution in [0.4, 0.5) is 23.2 Å². The molecule has 4 rings (SSSR count). The third-order valence-electron chi connectivity index (χ3n) is 5.33. The first-order chi connectivity index (χ1) is 12.9. The van der Waals surface area contributed by atoms with Crippen LogP contribution in [-0.4, -0.2) is 13.7 Å². The van der Waals surface area contributed by atoms with Crippen molar-refractivity contribution in [2.75, 3.05) is 19.0 Å². The molecular weight excluding hydrogens is 362 g/mol. The van der Waals surface area contributed by atoms with Crippen LogP contribution in [0.1, 0.15) is 41.7 Å². The number of alkyl halides is 3. The van der Waals surface area contributed by atoms with Gasteiger partial charge in [-0.3, -0.25) is 0 Å². The van der Waals surface area contributed by atoms with Crippen molar-refractivity contribution in [3.63, 3.8) is 0 Å². The molecule has 27 heavy (non-hydrogen) atoms. The van der Waals surface area contributed by atoms with Crippen LogP contribution in [-0.2, 0) is 10.9 Å². The van der Waals surface area contributed by atoms with Crippen molar-refractivity contribution in [2.45, 2.75) is 31.2 Å².